The maximum absolute atomic E-state index is 5.50. The minimum absolute atomic E-state index is 0.135. The van der Waals surface area contributed by atoms with E-state index in [-0.39, 0.29) is 5.11 Å². The molecule has 0 saturated carbocycles. The molecule has 0 aliphatic rings. The molecule has 0 aliphatic heterocycles. The van der Waals surface area contributed by atoms with Crippen LogP contribution in [0.5, 0.6) is 5.75 Å². The molecule has 0 aliphatic carbocycles. The lowest BCUT2D eigenvalue weighted by atomic mass is 10.2. The third-order valence-electron chi connectivity index (χ3n) is 1.73. The molecule has 0 saturated heterocycles. The van der Waals surface area contributed by atoms with Gasteiger partial charge in [-0.1, -0.05) is 18.7 Å². The number of ether oxygens (including phenoxy) is 1. The molecule has 17 heavy (non-hydrogen) atoms. The molecule has 1 aromatic rings. The molecular formula is C12H15N3OS. The topological polar surface area (TPSA) is 59.6 Å². The Morgan fingerprint density at radius 1 is 1.65 bits per heavy atom. The fraction of sp³-hybridized carbons (Fsp3) is 0.167. The van der Waals surface area contributed by atoms with Crippen LogP contribution >= 0.6 is 12.2 Å². The van der Waals surface area contributed by atoms with Crippen LogP contribution in [0.2, 0.25) is 0 Å². The van der Waals surface area contributed by atoms with Crippen LogP contribution in [0, 0.1) is 0 Å². The van der Waals surface area contributed by atoms with Gasteiger partial charge in [-0.2, -0.15) is 5.10 Å². The average Bonchev–Trinajstić information content (AvgIpc) is 2.26. The SMILES string of the molecule is C=C(C)COc1cccc(C=NNC(N)=S)c1. The molecule has 0 atom stereocenters. The molecule has 3 N–H and O–H groups in total. The van der Waals surface area contributed by atoms with Crippen LogP contribution in [-0.2, 0) is 0 Å². The third-order valence-corrected chi connectivity index (χ3v) is 1.82. The number of benzene rings is 1. The molecule has 0 bridgehead atoms. The molecule has 4 nitrogen and oxygen atoms in total. The average molecular weight is 249 g/mol. The Morgan fingerprint density at radius 2 is 2.41 bits per heavy atom. The fourth-order valence-electron chi connectivity index (χ4n) is 1.06. The number of hydrogen-bond donors (Lipinski definition) is 2. The van der Waals surface area contributed by atoms with Crippen LogP contribution in [0.4, 0.5) is 0 Å². The highest BCUT2D eigenvalue weighted by atomic mass is 32.1. The van der Waals surface area contributed by atoms with Gasteiger partial charge in [0.05, 0.1) is 6.21 Å². The Morgan fingerprint density at radius 3 is 3.06 bits per heavy atom. The molecule has 0 amide bonds. The van der Waals surface area contributed by atoms with E-state index in [4.69, 9.17) is 10.5 Å². The summed E-state index contributed by atoms with van der Waals surface area (Å²) in [5.74, 6) is 0.771. The van der Waals surface area contributed by atoms with E-state index in [1.54, 1.807) is 6.21 Å². The van der Waals surface area contributed by atoms with E-state index in [9.17, 15) is 0 Å². The molecule has 90 valence electrons. The Labute approximate surface area is 106 Å². The molecule has 5 heteroatoms. The number of nitrogens with one attached hydrogen (secondary N) is 1. The van der Waals surface area contributed by atoms with Gasteiger partial charge in [-0.25, -0.2) is 0 Å². The highest BCUT2D eigenvalue weighted by molar-refractivity contribution is 7.80. The van der Waals surface area contributed by atoms with Crippen molar-refractivity contribution in [1.29, 1.82) is 0 Å². The van der Waals surface area contributed by atoms with Crippen molar-refractivity contribution in [3.05, 3.63) is 42.0 Å². The van der Waals surface area contributed by atoms with Gasteiger partial charge in [0.2, 0.25) is 0 Å². The Bertz CT molecular complexity index is 443. The highest BCUT2D eigenvalue weighted by Gasteiger charge is 1.95. The van der Waals surface area contributed by atoms with Gasteiger partial charge in [-0.05, 0) is 42.4 Å². The van der Waals surface area contributed by atoms with Crippen molar-refractivity contribution in [1.82, 2.24) is 5.43 Å². The van der Waals surface area contributed by atoms with Gasteiger partial charge in [0.1, 0.15) is 12.4 Å². The van der Waals surface area contributed by atoms with E-state index in [0.29, 0.717) is 6.61 Å². The van der Waals surface area contributed by atoms with Crippen LogP contribution in [-0.4, -0.2) is 17.9 Å². The zero-order valence-electron chi connectivity index (χ0n) is 9.64. The molecule has 0 aromatic heterocycles. The minimum Gasteiger partial charge on any atom is -0.489 e. The van der Waals surface area contributed by atoms with Crippen molar-refractivity contribution in [2.75, 3.05) is 6.61 Å². The van der Waals surface area contributed by atoms with E-state index in [0.717, 1.165) is 16.9 Å². The maximum atomic E-state index is 5.50. The van der Waals surface area contributed by atoms with Crippen LogP contribution in [0.3, 0.4) is 0 Å². The standard InChI is InChI=1S/C12H15N3OS/c1-9(2)8-16-11-5-3-4-10(6-11)7-14-15-12(13)17/h3-7H,1,8H2,2H3,(H3,13,15,17). The molecular weight excluding hydrogens is 234 g/mol. The second kappa shape index (κ2) is 6.65. The Balaban J connectivity index is 2.62. The molecule has 0 unspecified atom stereocenters. The van der Waals surface area contributed by atoms with Crippen molar-refractivity contribution >= 4 is 23.5 Å². The zero-order valence-corrected chi connectivity index (χ0v) is 10.5. The molecule has 0 heterocycles. The first-order valence-electron chi connectivity index (χ1n) is 5.03. The summed E-state index contributed by atoms with van der Waals surface area (Å²) in [5, 5.41) is 4.00. The summed E-state index contributed by atoms with van der Waals surface area (Å²) < 4.78 is 5.50. The smallest absolute Gasteiger partial charge is 0.184 e. The maximum Gasteiger partial charge on any atom is 0.184 e. The second-order valence-corrected chi connectivity index (χ2v) is 3.99. The quantitative estimate of drug-likeness (QED) is 0.361. The number of rotatable bonds is 5. The first kappa shape index (κ1) is 13.2. The summed E-state index contributed by atoms with van der Waals surface area (Å²) in [6, 6.07) is 7.53. The zero-order chi connectivity index (χ0) is 12.7. The van der Waals surface area contributed by atoms with Crippen LogP contribution in [0.25, 0.3) is 0 Å². The van der Waals surface area contributed by atoms with Gasteiger partial charge in [-0.15, -0.1) is 0 Å². The van der Waals surface area contributed by atoms with E-state index in [1.807, 2.05) is 31.2 Å². The summed E-state index contributed by atoms with van der Waals surface area (Å²) in [6.07, 6.45) is 1.62. The molecule has 1 aromatic carbocycles. The predicted molar refractivity (Wildman–Crippen MR) is 74.3 cm³/mol. The monoisotopic (exact) mass is 249 g/mol. The number of thiocarbonyl (C=S) groups is 1. The Hall–Kier alpha value is -1.88. The van der Waals surface area contributed by atoms with E-state index < -0.39 is 0 Å². The lowest BCUT2D eigenvalue weighted by molar-refractivity contribution is 0.352. The fourth-order valence-corrected chi connectivity index (χ4v) is 1.11. The largest absolute Gasteiger partial charge is 0.489 e. The number of nitrogens with zero attached hydrogens (tertiary/aromatic N) is 1. The molecule has 0 fully saturated rings. The molecule has 0 radical (unpaired) electrons. The minimum atomic E-state index is 0.135. The van der Waals surface area contributed by atoms with Crippen molar-refractivity contribution in [2.24, 2.45) is 10.8 Å². The molecule has 1 rings (SSSR count). The van der Waals surface area contributed by atoms with Gasteiger partial charge in [-0.3, -0.25) is 5.43 Å². The van der Waals surface area contributed by atoms with E-state index in [2.05, 4.69) is 29.3 Å². The van der Waals surface area contributed by atoms with Gasteiger partial charge < -0.3 is 10.5 Å². The lowest BCUT2D eigenvalue weighted by Crippen LogP contribution is -2.23. The summed E-state index contributed by atoms with van der Waals surface area (Å²) >= 11 is 4.63. The molecule has 0 spiro atoms. The van der Waals surface area contributed by atoms with Crippen molar-refractivity contribution in [3.63, 3.8) is 0 Å². The summed E-state index contributed by atoms with van der Waals surface area (Å²) in [7, 11) is 0. The van der Waals surface area contributed by atoms with Gasteiger partial charge in [0.25, 0.3) is 0 Å². The predicted octanol–water partition coefficient (Wildman–Crippen LogP) is 1.81. The van der Waals surface area contributed by atoms with E-state index >= 15 is 0 Å². The first-order valence-corrected chi connectivity index (χ1v) is 5.44. The van der Waals surface area contributed by atoms with Gasteiger partial charge >= 0.3 is 0 Å². The van der Waals surface area contributed by atoms with Gasteiger partial charge in [0, 0.05) is 0 Å². The van der Waals surface area contributed by atoms with E-state index in [1.165, 1.54) is 0 Å². The second-order valence-electron chi connectivity index (χ2n) is 3.55. The normalized spacial score (nSPS) is 10.2. The van der Waals surface area contributed by atoms with Crippen LogP contribution < -0.4 is 15.9 Å². The van der Waals surface area contributed by atoms with Gasteiger partial charge in [0.15, 0.2) is 5.11 Å². The lowest BCUT2D eigenvalue weighted by Gasteiger charge is -2.05. The van der Waals surface area contributed by atoms with Crippen molar-refractivity contribution < 1.29 is 4.74 Å². The summed E-state index contributed by atoms with van der Waals surface area (Å²) in [4.78, 5) is 0. The number of hydrazone groups is 1. The van der Waals surface area contributed by atoms with Crippen molar-refractivity contribution in [2.45, 2.75) is 6.92 Å². The Kier molecular flexibility index (Phi) is 5.16. The van der Waals surface area contributed by atoms with Crippen LogP contribution in [0.15, 0.2) is 41.5 Å². The van der Waals surface area contributed by atoms with Crippen molar-refractivity contribution in [3.8, 4) is 5.75 Å². The first-order chi connectivity index (χ1) is 8.08. The summed E-state index contributed by atoms with van der Waals surface area (Å²) in [6.45, 7) is 6.19. The number of hydrogen-bond acceptors (Lipinski definition) is 3. The third kappa shape index (κ3) is 5.67. The van der Waals surface area contributed by atoms with Crippen LogP contribution in [0.1, 0.15) is 12.5 Å². The number of nitrogens with two attached hydrogens (primary N) is 1. The highest BCUT2D eigenvalue weighted by Crippen LogP contribution is 2.12. The summed E-state index contributed by atoms with van der Waals surface area (Å²) in [5.41, 5.74) is 9.59.